The lowest BCUT2D eigenvalue weighted by molar-refractivity contribution is 0.0938. The SMILES string of the molecule is CC(C)[C@@H](O)[C@@H](C)C#N. The molecule has 2 atom stereocenters. The maximum absolute atomic E-state index is 9.17. The molecule has 0 aromatic carbocycles. The van der Waals surface area contributed by atoms with Crippen molar-refractivity contribution in [3.05, 3.63) is 0 Å². The van der Waals surface area contributed by atoms with Crippen molar-refractivity contribution in [1.29, 1.82) is 5.26 Å². The van der Waals surface area contributed by atoms with Gasteiger partial charge >= 0.3 is 0 Å². The zero-order chi connectivity index (χ0) is 7.44. The Bertz CT molecular complexity index is 115. The van der Waals surface area contributed by atoms with Crippen molar-refractivity contribution in [1.82, 2.24) is 0 Å². The van der Waals surface area contributed by atoms with Gasteiger partial charge in [0.1, 0.15) is 0 Å². The smallest absolute Gasteiger partial charge is 0.0718 e. The van der Waals surface area contributed by atoms with E-state index in [9.17, 15) is 5.11 Å². The van der Waals surface area contributed by atoms with Crippen molar-refractivity contribution in [3.8, 4) is 6.07 Å². The van der Waals surface area contributed by atoms with Crippen molar-refractivity contribution < 1.29 is 5.11 Å². The fourth-order valence-electron chi connectivity index (χ4n) is 0.654. The van der Waals surface area contributed by atoms with Crippen LogP contribution in [0.4, 0.5) is 0 Å². The Hall–Kier alpha value is -0.550. The third-order valence-electron chi connectivity index (χ3n) is 1.40. The second kappa shape index (κ2) is 3.47. The number of hydrogen-bond acceptors (Lipinski definition) is 2. The summed E-state index contributed by atoms with van der Waals surface area (Å²) in [5, 5.41) is 17.5. The van der Waals surface area contributed by atoms with Crippen LogP contribution >= 0.6 is 0 Å². The fourth-order valence-corrected chi connectivity index (χ4v) is 0.654. The maximum atomic E-state index is 9.17. The standard InChI is InChI=1S/C7H13NO/c1-5(2)7(9)6(3)4-8/h5-7,9H,1-3H3/t6-,7+/m0/s1. The third-order valence-corrected chi connectivity index (χ3v) is 1.40. The van der Waals surface area contributed by atoms with Crippen molar-refractivity contribution in [3.63, 3.8) is 0 Å². The largest absolute Gasteiger partial charge is 0.392 e. The molecule has 0 amide bonds. The zero-order valence-corrected chi connectivity index (χ0v) is 6.13. The predicted molar refractivity (Wildman–Crippen MR) is 35.6 cm³/mol. The normalized spacial score (nSPS) is 16.9. The van der Waals surface area contributed by atoms with Gasteiger partial charge in [-0.2, -0.15) is 5.26 Å². The van der Waals surface area contributed by atoms with Gasteiger partial charge in [0, 0.05) is 0 Å². The van der Waals surface area contributed by atoms with E-state index in [4.69, 9.17) is 5.26 Å². The van der Waals surface area contributed by atoms with Gasteiger partial charge in [-0.15, -0.1) is 0 Å². The van der Waals surface area contributed by atoms with Crippen LogP contribution in [0.1, 0.15) is 20.8 Å². The first-order valence-electron chi connectivity index (χ1n) is 3.17. The Balaban J connectivity index is 3.76. The van der Waals surface area contributed by atoms with E-state index in [1.54, 1.807) is 6.92 Å². The number of rotatable bonds is 2. The molecule has 2 nitrogen and oxygen atoms in total. The number of aliphatic hydroxyl groups excluding tert-OH is 1. The van der Waals surface area contributed by atoms with Gasteiger partial charge in [-0.3, -0.25) is 0 Å². The third kappa shape index (κ3) is 2.48. The summed E-state index contributed by atoms with van der Waals surface area (Å²) in [6.07, 6.45) is -0.477. The van der Waals surface area contributed by atoms with Gasteiger partial charge < -0.3 is 5.11 Å². The molecule has 9 heavy (non-hydrogen) atoms. The summed E-state index contributed by atoms with van der Waals surface area (Å²) in [6.45, 7) is 5.53. The molecule has 0 aliphatic carbocycles. The molecule has 0 aromatic rings. The van der Waals surface area contributed by atoms with Crippen molar-refractivity contribution in [2.75, 3.05) is 0 Å². The molecule has 0 bridgehead atoms. The molecule has 0 aliphatic rings. The summed E-state index contributed by atoms with van der Waals surface area (Å²) in [5.74, 6) is -0.0651. The Labute approximate surface area is 56.1 Å². The summed E-state index contributed by atoms with van der Waals surface area (Å²) in [7, 11) is 0. The monoisotopic (exact) mass is 127 g/mol. The second-order valence-corrected chi connectivity index (χ2v) is 2.65. The van der Waals surface area contributed by atoms with Crippen molar-refractivity contribution in [2.24, 2.45) is 11.8 Å². The first-order valence-corrected chi connectivity index (χ1v) is 3.17. The van der Waals surface area contributed by atoms with E-state index < -0.39 is 6.10 Å². The predicted octanol–water partition coefficient (Wildman–Crippen LogP) is 1.16. The van der Waals surface area contributed by atoms with Crippen LogP contribution < -0.4 is 0 Å². The highest BCUT2D eigenvalue weighted by atomic mass is 16.3. The van der Waals surface area contributed by atoms with Crippen LogP contribution in [0.15, 0.2) is 0 Å². The van der Waals surface area contributed by atoms with Crippen molar-refractivity contribution >= 4 is 0 Å². The topological polar surface area (TPSA) is 44.0 Å². The van der Waals surface area contributed by atoms with Crippen LogP contribution in [0.25, 0.3) is 0 Å². The average Bonchev–Trinajstić information content (AvgIpc) is 1.84. The minimum atomic E-state index is -0.477. The van der Waals surface area contributed by atoms with Crippen LogP contribution in [0.5, 0.6) is 0 Å². The number of nitriles is 1. The van der Waals surface area contributed by atoms with Gasteiger partial charge in [0.05, 0.1) is 18.1 Å². The minimum Gasteiger partial charge on any atom is -0.392 e. The highest BCUT2D eigenvalue weighted by Gasteiger charge is 2.16. The molecule has 0 aliphatic heterocycles. The zero-order valence-electron chi connectivity index (χ0n) is 6.13. The van der Waals surface area contributed by atoms with Gasteiger partial charge in [0.2, 0.25) is 0 Å². The van der Waals surface area contributed by atoms with Crippen LogP contribution in [0, 0.1) is 23.2 Å². The molecular weight excluding hydrogens is 114 g/mol. The Kier molecular flexibility index (Phi) is 3.26. The first-order chi connectivity index (χ1) is 4.09. The molecule has 0 unspecified atom stereocenters. The second-order valence-electron chi connectivity index (χ2n) is 2.65. The molecule has 0 heterocycles. The minimum absolute atomic E-state index is 0.180. The number of nitrogens with zero attached hydrogens (tertiary/aromatic N) is 1. The van der Waals surface area contributed by atoms with E-state index >= 15 is 0 Å². The van der Waals surface area contributed by atoms with Gasteiger partial charge in [0.15, 0.2) is 0 Å². The molecule has 0 saturated heterocycles. The number of hydrogen-bond donors (Lipinski definition) is 1. The lowest BCUT2D eigenvalue weighted by Crippen LogP contribution is -2.22. The molecule has 52 valence electrons. The van der Waals surface area contributed by atoms with E-state index in [0.29, 0.717) is 0 Å². The fraction of sp³-hybridized carbons (Fsp3) is 0.857. The van der Waals surface area contributed by atoms with Crippen LogP contribution in [-0.2, 0) is 0 Å². The molecule has 2 heteroatoms. The summed E-state index contributed by atoms with van der Waals surface area (Å²) in [4.78, 5) is 0. The lowest BCUT2D eigenvalue weighted by atomic mass is 9.96. The molecule has 0 aromatic heterocycles. The van der Waals surface area contributed by atoms with Gasteiger partial charge in [0.25, 0.3) is 0 Å². The van der Waals surface area contributed by atoms with E-state index in [-0.39, 0.29) is 11.8 Å². The molecule has 0 fully saturated rings. The van der Waals surface area contributed by atoms with Crippen LogP contribution in [0.3, 0.4) is 0 Å². The van der Waals surface area contributed by atoms with Gasteiger partial charge in [-0.05, 0) is 12.8 Å². The quantitative estimate of drug-likeness (QED) is 0.605. The van der Waals surface area contributed by atoms with Gasteiger partial charge in [-0.1, -0.05) is 13.8 Å². The summed E-state index contributed by atoms with van der Waals surface area (Å²) < 4.78 is 0. The van der Waals surface area contributed by atoms with E-state index in [2.05, 4.69) is 0 Å². The molecule has 0 radical (unpaired) electrons. The highest BCUT2D eigenvalue weighted by molar-refractivity contribution is 4.85. The van der Waals surface area contributed by atoms with Crippen LogP contribution in [-0.4, -0.2) is 11.2 Å². The summed E-state index contributed by atoms with van der Waals surface area (Å²) in [6, 6.07) is 2.00. The van der Waals surface area contributed by atoms with E-state index in [1.807, 2.05) is 19.9 Å². The van der Waals surface area contributed by atoms with Crippen LogP contribution in [0.2, 0.25) is 0 Å². The molecular formula is C7H13NO. The molecule has 0 saturated carbocycles. The Morgan fingerprint density at radius 2 is 1.78 bits per heavy atom. The maximum Gasteiger partial charge on any atom is 0.0718 e. The van der Waals surface area contributed by atoms with Gasteiger partial charge in [-0.25, -0.2) is 0 Å². The molecule has 0 rings (SSSR count). The average molecular weight is 127 g/mol. The molecule has 1 N–H and O–H groups in total. The van der Waals surface area contributed by atoms with E-state index in [1.165, 1.54) is 0 Å². The lowest BCUT2D eigenvalue weighted by Gasteiger charge is -2.15. The molecule has 0 spiro atoms. The Morgan fingerprint density at radius 3 is 1.89 bits per heavy atom. The summed E-state index contributed by atoms with van der Waals surface area (Å²) >= 11 is 0. The first kappa shape index (κ1) is 8.45. The van der Waals surface area contributed by atoms with E-state index in [0.717, 1.165) is 0 Å². The highest BCUT2D eigenvalue weighted by Crippen LogP contribution is 2.10. The Morgan fingerprint density at radius 1 is 1.33 bits per heavy atom. The summed E-state index contributed by atoms with van der Waals surface area (Å²) in [5.41, 5.74) is 0. The van der Waals surface area contributed by atoms with Crippen molar-refractivity contribution in [2.45, 2.75) is 26.9 Å². The number of aliphatic hydroxyl groups is 1.